The molecule has 0 aromatic heterocycles. The molecule has 3 aliphatic rings. The van der Waals surface area contributed by atoms with E-state index in [2.05, 4.69) is 9.80 Å². The molecule has 2 saturated carbocycles. The van der Waals surface area contributed by atoms with E-state index in [0.717, 1.165) is 18.5 Å². The molecule has 0 bridgehead atoms. The summed E-state index contributed by atoms with van der Waals surface area (Å²) in [5.74, 6) is 0.881. The minimum Gasteiger partial charge on any atom is -0.329 e. The highest BCUT2D eigenvalue weighted by Crippen LogP contribution is 2.30. The van der Waals surface area contributed by atoms with E-state index >= 15 is 0 Å². The first-order valence-electron chi connectivity index (χ1n) is 9.06. The van der Waals surface area contributed by atoms with Crippen molar-refractivity contribution in [1.82, 2.24) is 9.80 Å². The first kappa shape index (κ1) is 14.8. The van der Waals surface area contributed by atoms with Crippen molar-refractivity contribution in [3.8, 4) is 0 Å². The molecule has 0 spiro atoms. The summed E-state index contributed by atoms with van der Waals surface area (Å²) in [7, 11) is 0. The maximum atomic E-state index is 6.14. The Morgan fingerprint density at radius 2 is 1.40 bits per heavy atom. The molecule has 3 rings (SSSR count). The van der Waals surface area contributed by atoms with Crippen LogP contribution in [0.3, 0.4) is 0 Å². The van der Waals surface area contributed by atoms with E-state index in [-0.39, 0.29) is 0 Å². The normalized spacial score (nSPS) is 29.9. The van der Waals surface area contributed by atoms with Gasteiger partial charge in [-0.1, -0.05) is 32.1 Å². The van der Waals surface area contributed by atoms with Gasteiger partial charge in [-0.2, -0.15) is 0 Å². The van der Waals surface area contributed by atoms with Crippen LogP contribution < -0.4 is 5.73 Å². The van der Waals surface area contributed by atoms with Crippen LogP contribution in [0.1, 0.15) is 57.8 Å². The summed E-state index contributed by atoms with van der Waals surface area (Å²) in [5.41, 5.74) is 6.14. The van der Waals surface area contributed by atoms with Gasteiger partial charge < -0.3 is 5.73 Å². The minimum absolute atomic E-state index is 0.668. The van der Waals surface area contributed by atoms with E-state index in [4.69, 9.17) is 5.73 Å². The average molecular weight is 279 g/mol. The van der Waals surface area contributed by atoms with Gasteiger partial charge in [0.1, 0.15) is 0 Å². The van der Waals surface area contributed by atoms with Gasteiger partial charge in [0.2, 0.25) is 0 Å². The second-order valence-electron chi connectivity index (χ2n) is 7.21. The Balaban J connectivity index is 1.50. The average Bonchev–Trinajstić information content (AvgIpc) is 3.04. The second kappa shape index (κ2) is 7.24. The van der Waals surface area contributed by atoms with Crippen molar-refractivity contribution in [3.05, 3.63) is 0 Å². The minimum atomic E-state index is 0.668. The van der Waals surface area contributed by atoms with Gasteiger partial charge in [-0.3, -0.25) is 9.80 Å². The van der Waals surface area contributed by atoms with Crippen LogP contribution in [-0.4, -0.2) is 54.6 Å². The van der Waals surface area contributed by atoms with Gasteiger partial charge in [-0.15, -0.1) is 0 Å². The topological polar surface area (TPSA) is 32.5 Å². The summed E-state index contributed by atoms with van der Waals surface area (Å²) in [6, 6.07) is 1.57. The highest BCUT2D eigenvalue weighted by Gasteiger charge is 2.32. The lowest BCUT2D eigenvalue weighted by Crippen LogP contribution is -2.56. The van der Waals surface area contributed by atoms with E-state index in [1.807, 2.05) is 0 Å². The largest absolute Gasteiger partial charge is 0.329 e. The van der Waals surface area contributed by atoms with E-state index in [1.54, 1.807) is 0 Å². The summed E-state index contributed by atoms with van der Waals surface area (Å²) < 4.78 is 0. The van der Waals surface area contributed by atoms with Crippen molar-refractivity contribution in [2.45, 2.75) is 69.9 Å². The van der Waals surface area contributed by atoms with Crippen LogP contribution in [0.15, 0.2) is 0 Å². The van der Waals surface area contributed by atoms with Crippen LogP contribution in [0.4, 0.5) is 0 Å². The van der Waals surface area contributed by atoms with E-state index in [0.29, 0.717) is 6.04 Å². The van der Waals surface area contributed by atoms with Crippen molar-refractivity contribution in [2.24, 2.45) is 11.7 Å². The molecule has 3 fully saturated rings. The lowest BCUT2D eigenvalue weighted by molar-refractivity contribution is 0.0449. The molecule has 3 nitrogen and oxygen atoms in total. The number of hydrogen-bond acceptors (Lipinski definition) is 3. The van der Waals surface area contributed by atoms with Gasteiger partial charge in [-0.25, -0.2) is 0 Å². The van der Waals surface area contributed by atoms with Crippen molar-refractivity contribution < 1.29 is 0 Å². The molecular formula is C17H33N3. The van der Waals surface area contributed by atoms with E-state index in [9.17, 15) is 0 Å². The monoisotopic (exact) mass is 279 g/mol. The van der Waals surface area contributed by atoms with Crippen molar-refractivity contribution in [1.29, 1.82) is 0 Å². The standard InChI is InChI=1S/C17H33N3/c18-14-17(15-6-2-1-3-7-15)20-12-10-19(11-13-20)16-8-4-5-9-16/h15-17H,1-14,18H2. The number of piperazine rings is 1. The van der Waals surface area contributed by atoms with Crippen LogP contribution in [-0.2, 0) is 0 Å². The first-order chi connectivity index (χ1) is 9.88. The summed E-state index contributed by atoms with van der Waals surface area (Å²) in [4.78, 5) is 5.49. The highest BCUT2D eigenvalue weighted by atomic mass is 15.3. The van der Waals surface area contributed by atoms with Gasteiger partial charge in [0.05, 0.1) is 0 Å². The van der Waals surface area contributed by atoms with Crippen LogP contribution in [0.5, 0.6) is 0 Å². The molecule has 1 atom stereocenters. The Morgan fingerprint density at radius 1 is 0.800 bits per heavy atom. The third-order valence-corrected chi connectivity index (χ3v) is 6.09. The van der Waals surface area contributed by atoms with Crippen LogP contribution in [0.2, 0.25) is 0 Å². The lowest BCUT2D eigenvalue weighted by atomic mass is 9.83. The molecule has 2 N–H and O–H groups in total. The predicted octanol–water partition coefficient (Wildman–Crippen LogP) is 2.45. The van der Waals surface area contributed by atoms with E-state index < -0.39 is 0 Å². The molecule has 2 aliphatic carbocycles. The zero-order valence-corrected chi connectivity index (χ0v) is 13.1. The lowest BCUT2D eigenvalue weighted by Gasteiger charge is -2.44. The van der Waals surface area contributed by atoms with Crippen LogP contribution in [0, 0.1) is 5.92 Å². The molecule has 1 aliphatic heterocycles. The molecular weight excluding hydrogens is 246 g/mol. The van der Waals surface area contributed by atoms with Crippen molar-refractivity contribution in [3.63, 3.8) is 0 Å². The molecule has 3 heteroatoms. The SMILES string of the molecule is NCC(C1CCCCC1)N1CCN(C2CCCC2)CC1. The maximum Gasteiger partial charge on any atom is 0.0247 e. The molecule has 0 aromatic carbocycles. The molecule has 1 saturated heterocycles. The molecule has 116 valence electrons. The maximum absolute atomic E-state index is 6.14. The third kappa shape index (κ3) is 3.37. The zero-order valence-electron chi connectivity index (χ0n) is 13.1. The zero-order chi connectivity index (χ0) is 13.8. The van der Waals surface area contributed by atoms with Gasteiger partial charge in [0.15, 0.2) is 0 Å². The molecule has 20 heavy (non-hydrogen) atoms. The number of hydrogen-bond donors (Lipinski definition) is 1. The Bertz CT molecular complexity index is 274. The molecule has 1 heterocycles. The first-order valence-corrected chi connectivity index (χ1v) is 9.06. The summed E-state index contributed by atoms with van der Waals surface area (Å²) in [6.45, 7) is 5.96. The van der Waals surface area contributed by atoms with Crippen LogP contribution >= 0.6 is 0 Å². The summed E-state index contributed by atoms with van der Waals surface area (Å²) in [6.07, 6.45) is 13.0. The van der Waals surface area contributed by atoms with Crippen molar-refractivity contribution >= 4 is 0 Å². The van der Waals surface area contributed by atoms with Gasteiger partial charge >= 0.3 is 0 Å². The number of nitrogens with zero attached hydrogens (tertiary/aromatic N) is 2. The second-order valence-corrected chi connectivity index (χ2v) is 7.21. The molecule has 0 aromatic rings. The summed E-state index contributed by atoms with van der Waals surface area (Å²) in [5, 5.41) is 0. The van der Waals surface area contributed by atoms with E-state index in [1.165, 1.54) is 84.0 Å². The van der Waals surface area contributed by atoms with Crippen LogP contribution in [0.25, 0.3) is 0 Å². The number of rotatable bonds is 4. The molecule has 0 radical (unpaired) electrons. The Hall–Kier alpha value is -0.120. The molecule has 0 amide bonds. The fraction of sp³-hybridized carbons (Fsp3) is 1.00. The summed E-state index contributed by atoms with van der Waals surface area (Å²) >= 11 is 0. The smallest absolute Gasteiger partial charge is 0.0247 e. The number of nitrogens with two attached hydrogens (primary N) is 1. The van der Waals surface area contributed by atoms with Gasteiger partial charge in [-0.05, 0) is 31.6 Å². The molecule has 1 unspecified atom stereocenters. The fourth-order valence-electron chi connectivity index (χ4n) is 4.86. The Labute approximate surface area is 124 Å². The highest BCUT2D eigenvalue weighted by molar-refractivity contribution is 4.88. The fourth-order valence-corrected chi connectivity index (χ4v) is 4.86. The predicted molar refractivity (Wildman–Crippen MR) is 84.8 cm³/mol. The van der Waals surface area contributed by atoms with Gasteiger partial charge in [0, 0.05) is 44.8 Å². The van der Waals surface area contributed by atoms with Crippen molar-refractivity contribution in [2.75, 3.05) is 32.7 Å². The quantitative estimate of drug-likeness (QED) is 0.858. The Morgan fingerprint density at radius 3 is 2.00 bits per heavy atom. The van der Waals surface area contributed by atoms with Gasteiger partial charge in [0.25, 0.3) is 0 Å². The third-order valence-electron chi connectivity index (χ3n) is 6.09. The Kier molecular flexibility index (Phi) is 5.36.